The van der Waals surface area contributed by atoms with E-state index in [1.54, 1.807) is 11.8 Å². The molecule has 2 aromatic carbocycles. The molecule has 0 spiro atoms. The first-order valence-electron chi connectivity index (χ1n) is 8.09. The van der Waals surface area contributed by atoms with Gasteiger partial charge in [0.2, 0.25) is 0 Å². The van der Waals surface area contributed by atoms with E-state index < -0.39 is 0 Å². The first-order valence-corrected chi connectivity index (χ1v) is 9.84. The number of rotatable bonds is 6. The summed E-state index contributed by atoms with van der Waals surface area (Å²) in [6.45, 7) is 4.51. The molecule has 1 heterocycles. The molecule has 0 saturated carbocycles. The van der Waals surface area contributed by atoms with E-state index in [-0.39, 0.29) is 0 Å². The van der Waals surface area contributed by atoms with Crippen molar-refractivity contribution in [2.45, 2.75) is 31.4 Å². The standard InChI is InChI=1S/C19H19Cl2N3OS/c1-12-7-8-14(9-13(12)2)25-10-18-22-23-19(24(18)3)26-11-15-16(20)5-4-6-17(15)21/h4-9H,10-11H2,1-3H3. The first kappa shape index (κ1) is 19.1. The van der Waals surface area contributed by atoms with Crippen LogP contribution < -0.4 is 4.74 Å². The SMILES string of the molecule is Cc1ccc(OCc2nnc(SCc3c(Cl)cccc3Cl)n2C)cc1C. The van der Waals surface area contributed by atoms with Crippen LogP contribution in [0.1, 0.15) is 22.5 Å². The topological polar surface area (TPSA) is 39.9 Å². The number of ether oxygens (including phenoxy) is 1. The molecule has 26 heavy (non-hydrogen) atoms. The Morgan fingerprint density at radius 3 is 2.46 bits per heavy atom. The molecule has 0 fully saturated rings. The Bertz CT molecular complexity index is 907. The van der Waals surface area contributed by atoms with E-state index in [0.29, 0.717) is 22.4 Å². The number of hydrogen-bond donors (Lipinski definition) is 0. The number of thioether (sulfide) groups is 1. The van der Waals surface area contributed by atoms with E-state index in [1.165, 1.54) is 11.1 Å². The van der Waals surface area contributed by atoms with Gasteiger partial charge in [-0.05, 0) is 54.8 Å². The Kier molecular flexibility index (Phi) is 6.12. The largest absolute Gasteiger partial charge is 0.486 e. The third kappa shape index (κ3) is 4.34. The molecule has 3 aromatic rings. The monoisotopic (exact) mass is 407 g/mol. The Morgan fingerprint density at radius 2 is 1.77 bits per heavy atom. The van der Waals surface area contributed by atoms with Gasteiger partial charge < -0.3 is 9.30 Å². The maximum absolute atomic E-state index is 6.22. The van der Waals surface area contributed by atoms with E-state index in [9.17, 15) is 0 Å². The van der Waals surface area contributed by atoms with Crippen molar-refractivity contribution in [3.63, 3.8) is 0 Å². The van der Waals surface area contributed by atoms with Crippen LogP contribution in [0.5, 0.6) is 5.75 Å². The molecular formula is C19H19Cl2N3OS. The van der Waals surface area contributed by atoms with E-state index in [0.717, 1.165) is 22.3 Å². The van der Waals surface area contributed by atoms with Crippen molar-refractivity contribution in [3.05, 3.63) is 69.0 Å². The maximum atomic E-state index is 6.22. The van der Waals surface area contributed by atoms with Crippen LogP contribution in [-0.2, 0) is 19.4 Å². The fraction of sp³-hybridized carbons (Fsp3) is 0.263. The molecule has 1 aromatic heterocycles. The Morgan fingerprint density at radius 1 is 1.04 bits per heavy atom. The van der Waals surface area contributed by atoms with Gasteiger partial charge in [-0.25, -0.2) is 0 Å². The number of halogens is 2. The van der Waals surface area contributed by atoms with Gasteiger partial charge in [-0.1, -0.05) is 47.1 Å². The highest BCUT2D eigenvalue weighted by Gasteiger charge is 2.12. The van der Waals surface area contributed by atoms with Gasteiger partial charge in [0.05, 0.1) is 0 Å². The van der Waals surface area contributed by atoms with Gasteiger partial charge in [0.1, 0.15) is 12.4 Å². The van der Waals surface area contributed by atoms with Gasteiger partial charge >= 0.3 is 0 Å². The molecule has 0 aliphatic carbocycles. The first-order chi connectivity index (χ1) is 12.5. The highest BCUT2D eigenvalue weighted by molar-refractivity contribution is 7.98. The van der Waals surface area contributed by atoms with Crippen molar-refractivity contribution in [3.8, 4) is 5.75 Å². The summed E-state index contributed by atoms with van der Waals surface area (Å²) in [6.07, 6.45) is 0. The molecule has 0 amide bonds. The summed E-state index contributed by atoms with van der Waals surface area (Å²) in [5.74, 6) is 2.21. The van der Waals surface area contributed by atoms with Crippen molar-refractivity contribution in [1.82, 2.24) is 14.8 Å². The third-order valence-electron chi connectivity index (χ3n) is 4.18. The van der Waals surface area contributed by atoms with Gasteiger partial charge in [0.25, 0.3) is 0 Å². The molecule has 7 heteroatoms. The molecule has 0 saturated heterocycles. The van der Waals surface area contributed by atoms with Gasteiger partial charge in [-0.3, -0.25) is 0 Å². The minimum atomic E-state index is 0.361. The van der Waals surface area contributed by atoms with Crippen LogP contribution >= 0.6 is 35.0 Å². The molecule has 0 unspecified atom stereocenters. The smallest absolute Gasteiger partial charge is 0.191 e. The summed E-state index contributed by atoms with van der Waals surface area (Å²) in [5, 5.41) is 10.6. The number of nitrogens with zero attached hydrogens (tertiary/aromatic N) is 3. The van der Waals surface area contributed by atoms with Crippen molar-refractivity contribution in [2.75, 3.05) is 0 Å². The molecule has 0 aliphatic rings. The second-order valence-electron chi connectivity index (χ2n) is 5.98. The lowest BCUT2D eigenvalue weighted by atomic mass is 10.1. The summed E-state index contributed by atoms with van der Waals surface area (Å²) in [5.41, 5.74) is 3.35. The van der Waals surface area contributed by atoms with E-state index >= 15 is 0 Å². The fourth-order valence-corrected chi connectivity index (χ4v) is 4.03. The van der Waals surface area contributed by atoms with Gasteiger partial charge in [0.15, 0.2) is 11.0 Å². The van der Waals surface area contributed by atoms with Crippen LogP contribution in [0.15, 0.2) is 41.6 Å². The molecular weight excluding hydrogens is 389 g/mol. The maximum Gasteiger partial charge on any atom is 0.191 e. The van der Waals surface area contributed by atoms with E-state index in [1.807, 2.05) is 41.9 Å². The van der Waals surface area contributed by atoms with Crippen LogP contribution in [0.3, 0.4) is 0 Å². The second kappa shape index (κ2) is 8.33. The van der Waals surface area contributed by atoms with E-state index in [2.05, 4.69) is 30.1 Å². The summed E-state index contributed by atoms with van der Waals surface area (Å²) >= 11 is 14.0. The molecule has 3 rings (SSSR count). The second-order valence-corrected chi connectivity index (χ2v) is 7.74. The zero-order chi connectivity index (χ0) is 18.7. The Labute approximate surface area is 167 Å². The highest BCUT2D eigenvalue weighted by atomic mass is 35.5. The number of aryl methyl sites for hydroxylation is 2. The van der Waals surface area contributed by atoms with Gasteiger partial charge in [0, 0.05) is 22.8 Å². The Hall–Kier alpha value is -1.69. The summed E-state index contributed by atoms with van der Waals surface area (Å²) < 4.78 is 7.78. The molecule has 0 aliphatic heterocycles. The number of hydrogen-bond acceptors (Lipinski definition) is 4. The zero-order valence-electron chi connectivity index (χ0n) is 14.8. The lowest BCUT2D eigenvalue weighted by molar-refractivity contribution is 0.290. The van der Waals surface area contributed by atoms with E-state index in [4.69, 9.17) is 27.9 Å². The van der Waals surface area contributed by atoms with Gasteiger partial charge in [-0.15, -0.1) is 10.2 Å². The zero-order valence-corrected chi connectivity index (χ0v) is 17.1. The van der Waals surface area contributed by atoms with Crippen LogP contribution in [-0.4, -0.2) is 14.8 Å². The molecule has 136 valence electrons. The highest BCUT2D eigenvalue weighted by Crippen LogP contribution is 2.31. The van der Waals surface area contributed by atoms with Crippen molar-refractivity contribution in [1.29, 1.82) is 0 Å². The average Bonchev–Trinajstić information content (AvgIpc) is 2.96. The quantitative estimate of drug-likeness (QED) is 0.497. The molecule has 0 atom stereocenters. The molecule has 0 radical (unpaired) electrons. The Balaban J connectivity index is 1.65. The lowest BCUT2D eigenvalue weighted by Crippen LogP contribution is -2.04. The predicted octanol–water partition coefficient (Wildman–Crippen LogP) is 5.61. The molecule has 4 nitrogen and oxygen atoms in total. The fourth-order valence-electron chi connectivity index (χ4n) is 2.35. The predicted molar refractivity (Wildman–Crippen MR) is 107 cm³/mol. The average molecular weight is 408 g/mol. The van der Waals surface area contributed by atoms with Crippen LogP contribution in [0.25, 0.3) is 0 Å². The summed E-state index contributed by atoms with van der Waals surface area (Å²) in [7, 11) is 1.93. The lowest BCUT2D eigenvalue weighted by Gasteiger charge is -2.09. The third-order valence-corrected chi connectivity index (χ3v) is 5.93. The normalized spacial score (nSPS) is 11.0. The van der Waals surface area contributed by atoms with Crippen LogP contribution in [0.4, 0.5) is 0 Å². The number of benzene rings is 2. The van der Waals surface area contributed by atoms with Crippen LogP contribution in [0, 0.1) is 13.8 Å². The van der Waals surface area contributed by atoms with Crippen LogP contribution in [0.2, 0.25) is 10.0 Å². The molecule has 0 bridgehead atoms. The van der Waals surface area contributed by atoms with Gasteiger partial charge in [-0.2, -0.15) is 0 Å². The van der Waals surface area contributed by atoms with Crippen molar-refractivity contribution >= 4 is 35.0 Å². The summed E-state index contributed by atoms with van der Waals surface area (Å²) in [6, 6.07) is 11.6. The summed E-state index contributed by atoms with van der Waals surface area (Å²) in [4.78, 5) is 0. The minimum absolute atomic E-state index is 0.361. The number of aromatic nitrogens is 3. The molecule has 0 N–H and O–H groups in total. The van der Waals surface area contributed by atoms with Crippen molar-refractivity contribution in [2.24, 2.45) is 7.05 Å². The van der Waals surface area contributed by atoms with Crippen molar-refractivity contribution < 1.29 is 4.74 Å². The minimum Gasteiger partial charge on any atom is -0.486 e.